The molecule has 3 aromatic rings. The van der Waals surface area contributed by atoms with Crippen molar-refractivity contribution < 1.29 is 9.59 Å². The van der Waals surface area contributed by atoms with Crippen molar-refractivity contribution in [1.29, 1.82) is 0 Å². The molecule has 0 saturated heterocycles. The Kier molecular flexibility index (Phi) is 6.57. The minimum atomic E-state index is -0.289. The topological polar surface area (TPSA) is 70.2 Å². The Morgan fingerprint density at radius 1 is 0.821 bits per heavy atom. The van der Waals surface area contributed by atoms with Gasteiger partial charge in [0.25, 0.3) is 0 Å². The van der Waals surface area contributed by atoms with Gasteiger partial charge >= 0.3 is 0 Å². The van der Waals surface area contributed by atoms with Crippen LogP contribution in [0.3, 0.4) is 0 Å². The van der Waals surface area contributed by atoms with Gasteiger partial charge in [-0.15, -0.1) is 0 Å². The Balaban J connectivity index is 1.48. The Morgan fingerprint density at radius 3 is 2.32 bits per heavy atom. The molecule has 0 aliphatic rings. The summed E-state index contributed by atoms with van der Waals surface area (Å²) in [5.74, 6) is -0.547. The van der Waals surface area contributed by atoms with Crippen LogP contribution in [-0.4, -0.2) is 16.9 Å². The molecule has 0 fully saturated rings. The summed E-state index contributed by atoms with van der Waals surface area (Å²) < 4.78 is 0. The highest BCUT2D eigenvalue weighted by Crippen LogP contribution is 2.18. The average molecular weight is 412 g/mol. The van der Waals surface area contributed by atoms with Crippen LogP contribution in [0.5, 0.6) is 0 Å². The summed E-state index contributed by atoms with van der Waals surface area (Å²) in [6, 6.07) is 20.7. The maximum Gasteiger partial charge on any atom is 0.242 e. The van der Waals surface area contributed by atoms with Crippen LogP contribution in [-0.2, 0) is 22.4 Å². The number of amides is 2. The van der Waals surface area contributed by atoms with Gasteiger partial charge in [0.2, 0.25) is 11.8 Å². The summed E-state index contributed by atoms with van der Waals surface area (Å²) in [5.41, 5.74) is 6.79. The maximum atomic E-state index is 12.2. The zero-order valence-electron chi connectivity index (χ0n) is 14.9. The van der Waals surface area contributed by atoms with E-state index < -0.39 is 0 Å². The average Bonchev–Trinajstić information content (AvgIpc) is 2.68. The second kappa shape index (κ2) is 9.30. The number of rotatable bonds is 4. The number of hydrazine groups is 1. The molecule has 0 bridgehead atoms. The molecule has 0 unspecified atom stereocenters. The number of thiocarbonyl (C=S) groups is 1. The van der Waals surface area contributed by atoms with Crippen LogP contribution in [0, 0.1) is 0 Å². The third-order valence-electron chi connectivity index (χ3n) is 4.08. The molecule has 0 atom stereocenters. The highest BCUT2D eigenvalue weighted by molar-refractivity contribution is 7.80. The van der Waals surface area contributed by atoms with Crippen molar-refractivity contribution in [2.24, 2.45) is 0 Å². The van der Waals surface area contributed by atoms with Crippen LogP contribution in [0.15, 0.2) is 66.7 Å². The van der Waals surface area contributed by atoms with Gasteiger partial charge in [-0.3, -0.25) is 20.4 Å². The zero-order valence-corrected chi connectivity index (χ0v) is 16.4. The lowest BCUT2D eigenvalue weighted by Crippen LogP contribution is -2.49. The molecule has 0 heterocycles. The summed E-state index contributed by atoms with van der Waals surface area (Å²) >= 11 is 10.9. The van der Waals surface area contributed by atoms with Crippen LogP contribution in [0.1, 0.15) is 11.1 Å². The second-order valence-corrected chi connectivity index (χ2v) is 7.01. The molecule has 3 N–H and O–H groups in total. The second-order valence-electron chi connectivity index (χ2n) is 6.17. The summed E-state index contributed by atoms with van der Waals surface area (Å²) in [7, 11) is 0. The van der Waals surface area contributed by atoms with Gasteiger partial charge in [-0.2, -0.15) is 0 Å². The van der Waals surface area contributed by atoms with E-state index in [-0.39, 0.29) is 29.8 Å². The number of benzene rings is 3. The first-order valence-corrected chi connectivity index (χ1v) is 9.39. The first-order valence-electron chi connectivity index (χ1n) is 8.61. The Bertz CT molecular complexity index is 1020. The fraction of sp³-hybridized carbons (Fsp3) is 0.0952. The Morgan fingerprint density at radius 2 is 1.54 bits per heavy atom. The lowest BCUT2D eigenvalue weighted by molar-refractivity contribution is -0.121. The van der Waals surface area contributed by atoms with Crippen LogP contribution in [0.2, 0.25) is 5.02 Å². The van der Waals surface area contributed by atoms with E-state index in [0.29, 0.717) is 5.02 Å². The zero-order chi connectivity index (χ0) is 19.9. The van der Waals surface area contributed by atoms with Crippen LogP contribution < -0.4 is 16.2 Å². The van der Waals surface area contributed by atoms with Crippen molar-refractivity contribution in [3.8, 4) is 0 Å². The normalized spacial score (nSPS) is 10.3. The first kappa shape index (κ1) is 19.8. The molecule has 0 spiro atoms. The van der Waals surface area contributed by atoms with Crippen molar-refractivity contribution in [1.82, 2.24) is 16.2 Å². The molecular weight excluding hydrogens is 394 g/mol. The summed E-state index contributed by atoms with van der Waals surface area (Å²) in [6.45, 7) is 0. The third kappa shape index (κ3) is 5.52. The van der Waals surface area contributed by atoms with E-state index in [1.807, 2.05) is 42.5 Å². The third-order valence-corrected chi connectivity index (χ3v) is 4.53. The highest BCUT2D eigenvalue weighted by atomic mass is 35.5. The molecule has 0 saturated carbocycles. The predicted octanol–water partition coefficient (Wildman–Crippen LogP) is 3.30. The molecule has 2 amide bonds. The van der Waals surface area contributed by atoms with Crippen LogP contribution >= 0.6 is 23.8 Å². The molecule has 142 valence electrons. The largest absolute Gasteiger partial charge is 0.302 e. The minimum Gasteiger partial charge on any atom is -0.302 e. The number of hydrogen-bond acceptors (Lipinski definition) is 3. The summed E-state index contributed by atoms with van der Waals surface area (Å²) in [6.07, 6.45) is 0.346. The van der Waals surface area contributed by atoms with Crippen molar-refractivity contribution in [3.63, 3.8) is 0 Å². The molecule has 3 aromatic carbocycles. The SMILES string of the molecule is O=C(Cc1cccc2ccccc12)NNC(=S)NC(=O)Cc1ccc(Cl)cc1. The van der Waals surface area contributed by atoms with E-state index in [0.717, 1.165) is 21.9 Å². The van der Waals surface area contributed by atoms with Gasteiger partial charge in [0, 0.05) is 5.02 Å². The van der Waals surface area contributed by atoms with E-state index in [2.05, 4.69) is 16.2 Å². The van der Waals surface area contributed by atoms with Gasteiger partial charge in [0.05, 0.1) is 12.8 Å². The van der Waals surface area contributed by atoms with Gasteiger partial charge in [0.15, 0.2) is 5.11 Å². The predicted molar refractivity (Wildman–Crippen MR) is 115 cm³/mol. The lowest BCUT2D eigenvalue weighted by Gasteiger charge is -2.11. The van der Waals surface area contributed by atoms with Crippen LogP contribution in [0.4, 0.5) is 0 Å². The molecule has 3 rings (SSSR count). The fourth-order valence-corrected chi connectivity index (χ4v) is 3.07. The monoisotopic (exact) mass is 411 g/mol. The van der Waals surface area contributed by atoms with Crippen molar-refractivity contribution >= 4 is 51.5 Å². The van der Waals surface area contributed by atoms with Gasteiger partial charge in [-0.25, -0.2) is 0 Å². The van der Waals surface area contributed by atoms with E-state index in [4.69, 9.17) is 23.8 Å². The maximum absolute atomic E-state index is 12.2. The molecule has 28 heavy (non-hydrogen) atoms. The van der Waals surface area contributed by atoms with Gasteiger partial charge < -0.3 is 5.32 Å². The van der Waals surface area contributed by atoms with E-state index >= 15 is 0 Å². The smallest absolute Gasteiger partial charge is 0.242 e. The minimum absolute atomic E-state index is 0.0326. The molecule has 5 nitrogen and oxygen atoms in total. The van der Waals surface area contributed by atoms with Gasteiger partial charge in [-0.1, -0.05) is 66.2 Å². The number of nitrogens with one attached hydrogen (secondary N) is 3. The molecule has 7 heteroatoms. The van der Waals surface area contributed by atoms with Crippen molar-refractivity contribution in [2.45, 2.75) is 12.8 Å². The number of carbonyl (C=O) groups excluding carboxylic acids is 2. The standard InChI is InChI=1S/C21H18ClN3O2S/c22-17-10-8-14(9-11-17)12-19(26)23-21(28)25-24-20(27)13-16-6-3-5-15-4-1-2-7-18(15)16/h1-11H,12-13H2,(H,24,27)(H2,23,25,26,28). The van der Waals surface area contributed by atoms with Crippen molar-refractivity contribution in [2.75, 3.05) is 0 Å². The molecular formula is C21H18ClN3O2S. The Labute approximate surface area is 173 Å². The summed E-state index contributed by atoms with van der Waals surface area (Å²) in [4.78, 5) is 24.2. The van der Waals surface area contributed by atoms with E-state index in [1.165, 1.54) is 0 Å². The number of halogens is 1. The van der Waals surface area contributed by atoms with Crippen molar-refractivity contribution in [3.05, 3.63) is 82.9 Å². The van der Waals surface area contributed by atoms with Crippen LogP contribution in [0.25, 0.3) is 10.8 Å². The molecule has 0 aromatic heterocycles. The van der Waals surface area contributed by atoms with E-state index in [9.17, 15) is 9.59 Å². The number of carbonyl (C=O) groups is 2. The number of hydrogen-bond donors (Lipinski definition) is 3. The van der Waals surface area contributed by atoms with Gasteiger partial charge in [0.1, 0.15) is 0 Å². The number of fused-ring (bicyclic) bond motifs is 1. The summed E-state index contributed by atoms with van der Waals surface area (Å²) in [5, 5.41) is 5.27. The molecule has 0 aliphatic heterocycles. The Hall–Kier alpha value is -2.96. The molecule has 0 aliphatic carbocycles. The molecule has 0 radical (unpaired) electrons. The highest BCUT2D eigenvalue weighted by Gasteiger charge is 2.09. The first-order chi connectivity index (χ1) is 13.5. The van der Waals surface area contributed by atoms with E-state index in [1.54, 1.807) is 24.3 Å². The fourth-order valence-electron chi connectivity index (χ4n) is 2.78. The quantitative estimate of drug-likeness (QED) is 0.455. The van der Waals surface area contributed by atoms with Gasteiger partial charge in [-0.05, 0) is 46.2 Å². The lowest BCUT2D eigenvalue weighted by atomic mass is 10.0.